The quantitative estimate of drug-likeness (QED) is 0.384. The number of carbonyl (C=O) groups is 4. The van der Waals surface area contributed by atoms with Gasteiger partial charge >= 0.3 is 23.9 Å². The van der Waals surface area contributed by atoms with E-state index in [0.29, 0.717) is 12.8 Å². The zero-order valence-electron chi connectivity index (χ0n) is 13.6. The van der Waals surface area contributed by atoms with Gasteiger partial charge in [-0.15, -0.1) is 0 Å². The van der Waals surface area contributed by atoms with Crippen LogP contribution in [-0.2, 0) is 19.2 Å². The molecule has 0 fully saturated rings. The largest absolute Gasteiger partial charge is 0.480 e. The van der Waals surface area contributed by atoms with Gasteiger partial charge in [0.15, 0.2) is 10.8 Å². The number of rotatable bonds is 8. The van der Waals surface area contributed by atoms with Crippen LogP contribution in [0.2, 0.25) is 0 Å². The summed E-state index contributed by atoms with van der Waals surface area (Å²) in [4.78, 5) is 45.4. The molecular weight excluding hydrogens is 320 g/mol. The Morgan fingerprint density at radius 3 is 1.21 bits per heavy atom. The van der Waals surface area contributed by atoms with Gasteiger partial charge in [0.05, 0.1) is 0 Å². The van der Waals surface area contributed by atoms with E-state index in [0.717, 1.165) is 13.8 Å². The minimum Gasteiger partial charge on any atom is -0.480 e. The van der Waals surface area contributed by atoms with Gasteiger partial charge in [-0.3, -0.25) is 19.2 Å². The molecule has 0 heterocycles. The summed E-state index contributed by atoms with van der Waals surface area (Å²) in [6.45, 7) is 2.22. The molecule has 0 saturated heterocycles. The molecule has 1 rings (SSSR count). The van der Waals surface area contributed by atoms with E-state index in [-0.39, 0.29) is 12.8 Å². The molecule has 1 aliphatic carbocycles. The van der Waals surface area contributed by atoms with Crippen LogP contribution in [0.15, 0.2) is 12.2 Å². The monoisotopic (exact) mass is 342 g/mol. The number of hydrogen-bond acceptors (Lipinski definition) is 4. The molecule has 2 unspecified atom stereocenters. The van der Waals surface area contributed by atoms with Gasteiger partial charge in [0.25, 0.3) is 0 Å². The van der Waals surface area contributed by atoms with E-state index in [1.807, 2.05) is 0 Å². The summed E-state index contributed by atoms with van der Waals surface area (Å²) in [5.41, 5.74) is -4.01. The predicted molar refractivity (Wildman–Crippen MR) is 81.3 cm³/mol. The van der Waals surface area contributed by atoms with Crippen LogP contribution >= 0.6 is 0 Å². The van der Waals surface area contributed by atoms with Crippen LogP contribution in [0, 0.1) is 22.7 Å². The van der Waals surface area contributed by atoms with Gasteiger partial charge in [-0.2, -0.15) is 0 Å². The molecule has 0 spiro atoms. The minimum absolute atomic E-state index is 0.192. The van der Waals surface area contributed by atoms with E-state index in [2.05, 4.69) is 0 Å². The summed E-state index contributed by atoms with van der Waals surface area (Å²) >= 11 is 0. The Kier molecular flexibility index (Phi) is 5.75. The lowest BCUT2D eigenvalue weighted by atomic mass is 9.67. The summed E-state index contributed by atoms with van der Waals surface area (Å²) < 4.78 is 0. The zero-order chi connectivity index (χ0) is 18.7. The fraction of sp³-hybridized carbons (Fsp3) is 0.625. The van der Waals surface area contributed by atoms with E-state index in [1.54, 1.807) is 12.2 Å². The van der Waals surface area contributed by atoms with Crippen molar-refractivity contribution in [3.05, 3.63) is 12.2 Å². The Balaban J connectivity index is 3.08. The van der Waals surface area contributed by atoms with Crippen molar-refractivity contribution in [1.82, 2.24) is 0 Å². The van der Waals surface area contributed by atoms with Crippen molar-refractivity contribution in [3.8, 4) is 0 Å². The zero-order valence-corrected chi connectivity index (χ0v) is 13.6. The molecule has 8 heteroatoms. The lowest BCUT2D eigenvalue weighted by Gasteiger charge is -2.36. The van der Waals surface area contributed by atoms with Crippen molar-refractivity contribution in [2.45, 2.75) is 39.5 Å². The number of carboxylic acids is 4. The van der Waals surface area contributed by atoms with Crippen LogP contribution in [0.4, 0.5) is 0 Å². The van der Waals surface area contributed by atoms with E-state index < -0.39 is 46.5 Å². The molecule has 8 nitrogen and oxygen atoms in total. The third kappa shape index (κ3) is 3.74. The van der Waals surface area contributed by atoms with Crippen molar-refractivity contribution in [2.24, 2.45) is 22.7 Å². The first-order valence-electron chi connectivity index (χ1n) is 7.53. The maximum Gasteiger partial charge on any atom is 0.320 e. The molecule has 0 aliphatic heterocycles. The van der Waals surface area contributed by atoms with Crippen molar-refractivity contribution < 1.29 is 39.6 Å². The van der Waals surface area contributed by atoms with Crippen LogP contribution < -0.4 is 0 Å². The summed E-state index contributed by atoms with van der Waals surface area (Å²) in [6, 6.07) is 0. The maximum atomic E-state index is 11.4. The molecule has 134 valence electrons. The van der Waals surface area contributed by atoms with Crippen molar-refractivity contribution in [1.29, 1.82) is 0 Å². The summed E-state index contributed by atoms with van der Waals surface area (Å²) in [5, 5.41) is 37.0. The highest BCUT2D eigenvalue weighted by Crippen LogP contribution is 2.42. The molecule has 1 aliphatic rings. The average Bonchev–Trinajstić information content (AvgIpc) is 2.48. The topological polar surface area (TPSA) is 149 Å². The van der Waals surface area contributed by atoms with Crippen LogP contribution in [0.25, 0.3) is 0 Å². The van der Waals surface area contributed by atoms with Crippen molar-refractivity contribution >= 4 is 23.9 Å². The first-order chi connectivity index (χ1) is 10.9. The molecule has 0 aromatic rings. The summed E-state index contributed by atoms with van der Waals surface area (Å²) in [7, 11) is 0. The second-order valence-corrected chi connectivity index (χ2v) is 6.76. The smallest absolute Gasteiger partial charge is 0.320 e. The predicted octanol–water partition coefficient (Wildman–Crippen LogP) is 1.70. The highest BCUT2D eigenvalue weighted by molar-refractivity contribution is 5.98. The Morgan fingerprint density at radius 1 is 0.750 bits per heavy atom. The van der Waals surface area contributed by atoms with Crippen LogP contribution in [0.3, 0.4) is 0 Å². The van der Waals surface area contributed by atoms with Crippen LogP contribution in [0.5, 0.6) is 0 Å². The number of aliphatic carboxylic acids is 4. The molecule has 0 saturated carbocycles. The van der Waals surface area contributed by atoms with Gasteiger partial charge in [0.2, 0.25) is 0 Å². The molecule has 2 atom stereocenters. The lowest BCUT2D eigenvalue weighted by Crippen LogP contribution is -2.42. The number of allylic oxidation sites excluding steroid dienone is 2. The molecule has 4 N–H and O–H groups in total. The third-order valence-electron chi connectivity index (χ3n) is 4.94. The van der Waals surface area contributed by atoms with Gasteiger partial charge < -0.3 is 20.4 Å². The van der Waals surface area contributed by atoms with Gasteiger partial charge in [0, 0.05) is 0 Å². The molecule has 0 radical (unpaired) electrons. The van der Waals surface area contributed by atoms with Crippen molar-refractivity contribution in [3.63, 3.8) is 0 Å². The van der Waals surface area contributed by atoms with E-state index in [4.69, 9.17) is 0 Å². The number of carboxylic acid groups (broad SMARTS) is 4. The lowest BCUT2D eigenvalue weighted by molar-refractivity contribution is -0.168. The van der Waals surface area contributed by atoms with Gasteiger partial charge in [-0.25, -0.2) is 0 Å². The molecule has 0 amide bonds. The average molecular weight is 342 g/mol. The Hall–Kier alpha value is -2.38. The summed E-state index contributed by atoms with van der Waals surface area (Å²) in [6.07, 6.45) is 3.95. The normalized spacial score (nSPS) is 21.2. The van der Waals surface area contributed by atoms with Gasteiger partial charge in [0.1, 0.15) is 0 Å². The van der Waals surface area contributed by atoms with E-state index in [9.17, 15) is 39.6 Å². The first-order valence-corrected chi connectivity index (χ1v) is 7.53. The standard InChI is InChI=1S/C16H22O8/c1-15(11(17)18,12(19)20)7-9-5-3-4-6-10(9)8-16(2,13(21)22)14(23)24/h3-4,9-10H,5-8H2,1-2H3,(H,17,18)(H,19,20)(H,21,22)(H,23,24). The Labute approximate surface area is 138 Å². The Bertz CT molecular complexity index is 499. The van der Waals surface area contributed by atoms with E-state index in [1.165, 1.54) is 0 Å². The first kappa shape index (κ1) is 19.7. The fourth-order valence-electron chi connectivity index (χ4n) is 3.01. The highest BCUT2D eigenvalue weighted by atomic mass is 16.4. The molecule has 0 aromatic carbocycles. The molecule has 24 heavy (non-hydrogen) atoms. The van der Waals surface area contributed by atoms with Crippen LogP contribution in [0.1, 0.15) is 39.5 Å². The Morgan fingerprint density at radius 2 is 1.00 bits per heavy atom. The number of hydrogen-bond donors (Lipinski definition) is 4. The van der Waals surface area contributed by atoms with Gasteiger partial charge in [-0.1, -0.05) is 12.2 Å². The second kappa shape index (κ2) is 7.02. The SMILES string of the molecule is CC(CC1CC=CCC1CC(C)(C(=O)O)C(=O)O)(C(=O)O)C(=O)O. The van der Waals surface area contributed by atoms with E-state index >= 15 is 0 Å². The highest BCUT2D eigenvalue weighted by Gasteiger charge is 2.48. The fourth-order valence-corrected chi connectivity index (χ4v) is 3.01. The minimum atomic E-state index is -2.00. The molecule has 0 bridgehead atoms. The summed E-state index contributed by atoms with van der Waals surface area (Å²) in [5.74, 6) is -6.73. The van der Waals surface area contributed by atoms with Crippen molar-refractivity contribution in [2.75, 3.05) is 0 Å². The maximum absolute atomic E-state index is 11.4. The third-order valence-corrected chi connectivity index (χ3v) is 4.94. The van der Waals surface area contributed by atoms with Gasteiger partial charge in [-0.05, 0) is 51.4 Å². The molecule has 0 aromatic heterocycles. The molecular formula is C16H22O8. The van der Waals surface area contributed by atoms with Crippen LogP contribution in [-0.4, -0.2) is 44.3 Å². The second-order valence-electron chi connectivity index (χ2n) is 6.76.